The van der Waals surface area contributed by atoms with Crippen LogP contribution in [0.15, 0.2) is 24.4 Å². The fourth-order valence-electron chi connectivity index (χ4n) is 5.16. The minimum absolute atomic E-state index is 0.177. The first-order chi connectivity index (χ1) is 14.4. The number of carbonyl (C=O) groups excluding carboxylic acids is 1. The predicted octanol–water partition coefficient (Wildman–Crippen LogP) is 4.65. The fraction of sp³-hybridized carbons (Fsp3) is 0.550. The number of carbonyl (C=O) groups is 1. The number of amides is 1. The zero-order chi connectivity index (χ0) is 22.2. The number of nitrogens with zero attached hydrogens (tertiary/aromatic N) is 3. The van der Waals surface area contributed by atoms with Crippen molar-refractivity contribution in [3.8, 4) is 11.3 Å². The molecule has 4 aliphatic rings. The molecule has 3 heterocycles. The second-order valence-corrected chi connectivity index (χ2v) is 8.86. The third-order valence-electron chi connectivity index (χ3n) is 6.80. The molecule has 1 N–H and O–H groups in total. The van der Waals surface area contributed by atoms with Crippen LogP contribution in [0.25, 0.3) is 11.3 Å². The van der Waals surface area contributed by atoms with Crippen LogP contribution in [0.2, 0.25) is 0 Å². The highest BCUT2D eigenvalue weighted by Crippen LogP contribution is 2.78. The van der Waals surface area contributed by atoms with Crippen molar-refractivity contribution in [3.05, 3.63) is 35.8 Å². The third-order valence-corrected chi connectivity index (χ3v) is 6.80. The number of alkyl halides is 6. The van der Waals surface area contributed by atoms with Gasteiger partial charge in [-0.15, -0.1) is 0 Å². The van der Waals surface area contributed by atoms with E-state index in [2.05, 4.69) is 15.4 Å². The van der Waals surface area contributed by atoms with E-state index in [0.717, 1.165) is 12.3 Å². The molecule has 31 heavy (non-hydrogen) atoms. The Kier molecular flexibility index (Phi) is 4.08. The summed E-state index contributed by atoms with van der Waals surface area (Å²) in [5.74, 6) is -0.386. The molecule has 5 nitrogen and oxygen atoms in total. The lowest BCUT2D eigenvalue weighted by Crippen LogP contribution is -2.72. The largest absolute Gasteiger partial charge is 0.433 e. The molecule has 0 spiro atoms. The van der Waals surface area contributed by atoms with Crippen LogP contribution in [0.1, 0.15) is 49.5 Å². The molecule has 1 aliphatic heterocycles. The highest BCUT2D eigenvalue weighted by molar-refractivity contribution is 5.87. The first-order valence-electron chi connectivity index (χ1n) is 9.92. The predicted molar refractivity (Wildman–Crippen MR) is 95.3 cm³/mol. The third kappa shape index (κ3) is 3.03. The van der Waals surface area contributed by atoms with Gasteiger partial charge < -0.3 is 5.32 Å². The van der Waals surface area contributed by atoms with Gasteiger partial charge in [0, 0.05) is 18.3 Å². The first kappa shape index (κ1) is 20.3. The molecule has 0 aromatic carbocycles. The summed E-state index contributed by atoms with van der Waals surface area (Å²) in [6.45, 7) is 0.543. The van der Waals surface area contributed by atoms with Crippen LogP contribution in [0.4, 0.5) is 26.3 Å². The van der Waals surface area contributed by atoms with E-state index >= 15 is 0 Å². The summed E-state index contributed by atoms with van der Waals surface area (Å²) in [7, 11) is 0. The van der Waals surface area contributed by atoms with Crippen molar-refractivity contribution in [1.29, 1.82) is 0 Å². The maximum absolute atomic E-state index is 13.1. The Labute approximate surface area is 172 Å². The average Bonchev–Trinajstić information content (AvgIpc) is 3.03. The first-order valence-corrected chi connectivity index (χ1v) is 9.92. The maximum atomic E-state index is 13.1. The molecule has 1 atom stereocenters. The molecule has 3 aliphatic carbocycles. The van der Waals surface area contributed by atoms with Gasteiger partial charge in [-0.25, -0.2) is 0 Å². The Morgan fingerprint density at radius 2 is 1.84 bits per heavy atom. The van der Waals surface area contributed by atoms with Crippen molar-refractivity contribution in [2.24, 2.45) is 10.8 Å². The second kappa shape index (κ2) is 6.23. The number of fused-ring (bicyclic) bond motifs is 1. The van der Waals surface area contributed by atoms with Crippen molar-refractivity contribution < 1.29 is 31.1 Å². The maximum Gasteiger partial charge on any atom is 0.433 e. The molecular formula is C20H18F6N4O. The van der Waals surface area contributed by atoms with E-state index in [4.69, 9.17) is 0 Å². The Morgan fingerprint density at radius 3 is 2.48 bits per heavy atom. The molecule has 0 saturated heterocycles. The van der Waals surface area contributed by atoms with Gasteiger partial charge in [-0.2, -0.15) is 31.4 Å². The number of pyridine rings is 1. The summed E-state index contributed by atoms with van der Waals surface area (Å²) in [5.41, 5.74) is -2.47. The van der Waals surface area contributed by atoms with Crippen LogP contribution >= 0.6 is 0 Å². The van der Waals surface area contributed by atoms with E-state index in [0.29, 0.717) is 30.8 Å². The highest BCUT2D eigenvalue weighted by Gasteiger charge is 2.80. The molecule has 2 aromatic rings. The number of hydrogen-bond acceptors (Lipinski definition) is 3. The lowest BCUT2D eigenvalue weighted by atomic mass is 9.34. The lowest BCUT2D eigenvalue weighted by Gasteiger charge is -2.69. The van der Waals surface area contributed by atoms with Gasteiger partial charge in [-0.1, -0.05) is 0 Å². The van der Waals surface area contributed by atoms with E-state index in [1.54, 1.807) is 10.7 Å². The summed E-state index contributed by atoms with van der Waals surface area (Å²) in [6.07, 6.45) is -7.06. The fourth-order valence-corrected chi connectivity index (χ4v) is 5.16. The van der Waals surface area contributed by atoms with Crippen LogP contribution < -0.4 is 5.32 Å². The van der Waals surface area contributed by atoms with Gasteiger partial charge in [0.05, 0.1) is 28.3 Å². The van der Waals surface area contributed by atoms with Crippen molar-refractivity contribution in [2.75, 3.05) is 0 Å². The number of aryl methyl sites for hydroxylation is 1. The summed E-state index contributed by atoms with van der Waals surface area (Å²) in [4.78, 5) is 16.1. The van der Waals surface area contributed by atoms with Crippen molar-refractivity contribution in [3.63, 3.8) is 0 Å². The molecule has 2 bridgehead atoms. The van der Waals surface area contributed by atoms with Gasteiger partial charge in [0.1, 0.15) is 5.69 Å². The highest BCUT2D eigenvalue weighted by atomic mass is 19.4. The van der Waals surface area contributed by atoms with Gasteiger partial charge in [-0.3, -0.25) is 14.5 Å². The minimum atomic E-state index is -4.58. The monoisotopic (exact) mass is 444 g/mol. The van der Waals surface area contributed by atoms with Crippen molar-refractivity contribution >= 4 is 5.91 Å². The van der Waals surface area contributed by atoms with Crippen LogP contribution in [-0.4, -0.2) is 26.8 Å². The smallest absolute Gasteiger partial charge is 0.347 e. The van der Waals surface area contributed by atoms with Gasteiger partial charge in [0.25, 0.3) is 0 Å². The Hall–Kier alpha value is -2.59. The van der Waals surface area contributed by atoms with Crippen LogP contribution in [0, 0.1) is 10.8 Å². The van der Waals surface area contributed by atoms with Gasteiger partial charge >= 0.3 is 12.4 Å². The summed E-state index contributed by atoms with van der Waals surface area (Å²) in [6, 6.07) is 3.52. The van der Waals surface area contributed by atoms with E-state index < -0.39 is 34.9 Å². The average molecular weight is 444 g/mol. The summed E-state index contributed by atoms with van der Waals surface area (Å²) >= 11 is 0. The van der Waals surface area contributed by atoms with E-state index in [1.807, 2.05) is 0 Å². The zero-order valence-electron chi connectivity index (χ0n) is 16.1. The molecule has 6 rings (SSSR count). The SMILES string of the molecule is O=C(NC1CCCn2nc(-c3ccnc(C(F)(F)F)c3)cc21)C12CC(C(F)(F)F)(C1)C2. The quantitative estimate of drug-likeness (QED) is 0.702. The molecule has 0 radical (unpaired) electrons. The van der Waals surface area contributed by atoms with Crippen molar-refractivity contribution in [2.45, 2.75) is 57.0 Å². The molecule has 1 unspecified atom stereocenters. The van der Waals surface area contributed by atoms with Crippen LogP contribution in [-0.2, 0) is 17.5 Å². The molecule has 2 aromatic heterocycles. The summed E-state index contributed by atoms with van der Waals surface area (Å²) in [5, 5.41) is 7.24. The van der Waals surface area contributed by atoms with Crippen LogP contribution in [0.5, 0.6) is 0 Å². The number of hydrogen-bond donors (Lipinski definition) is 1. The van der Waals surface area contributed by atoms with Gasteiger partial charge in [0.2, 0.25) is 5.91 Å². The van der Waals surface area contributed by atoms with E-state index in [1.165, 1.54) is 6.07 Å². The van der Waals surface area contributed by atoms with Gasteiger partial charge in [0.15, 0.2) is 0 Å². The van der Waals surface area contributed by atoms with Crippen LogP contribution in [0.3, 0.4) is 0 Å². The zero-order valence-corrected chi connectivity index (χ0v) is 16.1. The molecule has 3 fully saturated rings. The Bertz CT molecular complexity index is 1040. The summed E-state index contributed by atoms with van der Waals surface area (Å²) < 4.78 is 79.7. The number of aromatic nitrogens is 3. The molecule has 11 heteroatoms. The van der Waals surface area contributed by atoms with Crippen molar-refractivity contribution in [1.82, 2.24) is 20.1 Å². The molecular weight excluding hydrogens is 426 g/mol. The molecule has 3 saturated carbocycles. The minimum Gasteiger partial charge on any atom is -0.347 e. The topological polar surface area (TPSA) is 59.8 Å². The van der Waals surface area contributed by atoms with E-state index in [9.17, 15) is 31.1 Å². The number of halogens is 6. The number of nitrogens with one attached hydrogen (secondary N) is 1. The Balaban J connectivity index is 1.34. The standard InChI is InChI=1S/C20H18F6N4O/c21-19(22,23)15-6-11(3-4-27-15)13-7-14-12(2-1-5-30(14)29-13)28-16(31)17-8-18(9-17,10-17)20(24,25)26/h3-4,6-7,12H,1-2,5,8-10H2,(H,28,31). The van der Waals surface area contributed by atoms with Gasteiger partial charge in [-0.05, 0) is 50.3 Å². The molecule has 166 valence electrons. The normalized spacial score (nSPS) is 29.5. The second-order valence-electron chi connectivity index (χ2n) is 8.86. The molecule has 1 amide bonds. The number of rotatable bonds is 3. The Morgan fingerprint density at radius 1 is 1.13 bits per heavy atom. The van der Waals surface area contributed by atoms with E-state index in [-0.39, 0.29) is 30.7 Å². The lowest BCUT2D eigenvalue weighted by molar-refractivity contribution is -0.351.